The molecule has 4 rings (SSSR count). The van der Waals surface area contributed by atoms with Crippen molar-refractivity contribution >= 4 is 23.6 Å². The Morgan fingerprint density at radius 2 is 1.94 bits per heavy atom. The molecule has 1 unspecified atom stereocenters. The van der Waals surface area contributed by atoms with Gasteiger partial charge in [0, 0.05) is 6.20 Å². The van der Waals surface area contributed by atoms with Gasteiger partial charge in [-0.25, -0.2) is 18.0 Å². The van der Waals surface area contributed by atoms with Crippen LogP contribution in [0, 0.1) is 17.5 Å². The van der Waals surface area contributed by atoms with Gasteiger partial charge in [-0.3, -0.25) is 14.4 Å². The van der Waals surface area contributed by atoms with Crippen molar-refractivity contribution in [2.75, 3.05) is 6.61 Å². The quantitative estimate of drug-likeness (QED) is 0.461. The van der Waals surface area contributed by atoms with Crippen LogP contribution in [0.25, 0.3) is 0 Å². The summed E-state index contributed by atoms with van der Waals surface area (Å²) in [5, 5.41) is 4.84. The molecule has 0 spiro atoms. The van der Waals surface area contributed by atoms with Gasteiger partial charge in [0.25, 0.3) is 11.5 Å². The second-order valence-corrected chi connectivity index (χ2v) is 7.82. The first-order valence-corrected chi connectivity index (χ1v) is 10.5. The number of carbonyl (C=O) groups is 3. The minimum Gasteiger partial charge on any atom is -0.368 e. The third kappa shape index (κ3) is 5.25. The van der Waals surface area contributed by atoms with Gasteiger partial charge in [0.05, 0.1) is 30.7 Å². The van der Waals surface area contributed by atoms with Gasteiger partial charge in [0.1, 0.15) is 11.6 Å². The van der Waals surface area contributed by atoms with Crippen LogP contribution in [0.5, 0.6) is 0 Å². The molecule has 36 heavy (non-hydrogen) atoms. The monoisotopic (exact) mass is 501 g/mol. The molecule has 186 valence electrons. The molecule has 0 saturated heterocycles. The van der Waals surface area contributed by atoms with E-state index >= 15 is 0 Å². The number of nitrogens with zero attached hydrogens (tertiary/aromatic N) is 2. The van der Waals surface area contributed by atoms with Gasteiger partial charge in [0.2, 0.25) is 5.91 Å². The molecule has 1 aromatic heterocycles. The van der Waals surface area contributed by atoms with Crippen LogP contribution in [0.3, 0.4) is 0 Å². The van der Waals surface area contributed by atoms with Gasteiger partial charge in [-0.15, -0.1) is 0 Å². The van der Waals surface area contributed by atoms with Gasteiger partial charge in [-0.2, -0.15) is 4.99 Å². The third-order valence-electron chi connectivity index (χ3n) is 5.28. The number of allylic oxidation sites excluding steroid dienone is 1. The van der Waals surface area contributed by atoms with Crippen LogP contribution in [-0.2, 0) is 16.1 Å². The lowest BCUT2D eigenvalue weighted by Gasteiger charge is -2.20. The Morgan fingerprint density at radius 1 is 1.22 bits per heavy atom. The number of amides is 4. The van der Waals surface area contributed by atoms with E-state index < -0.39 is 53.0 Å². The summed E-state index contributed by atoms with van der Waals surface area (Å²) in [4.78, 5) is 52.4. The molecule has 1 aliphatic heterocycles. The summed E-state index contributed by atoms with van der Waals surface area (Å²) >= 11 is 0. The number of urea groups is 1. The van der Waals surface area contributed by atoms with Crippen LogP contribution in [0.1, 0.15) is 15.9 Å². The molecule has 0 saturated carbocycles. The molecule has 13 heteroatoms. The molecule has 1 aromatic carbocycles. The topological polar surface area (TPSA) is 145 Å². The van der Waals surface area contributed by atoms with E-state index in [0.29, 0.717) is 11.4 Å². The maximum absolute atomic E-state index is 13.5. The van der Waals surface area contributed by atoms with E-state index in [1.165, 1.54) is 18.3 Å². The lowest BCUT2D eigenvalue weighted by molar-refractivity contribution is -0.121. The second-order valence-electron chi connectivity index (χ2n) is 7.82. The lowest BCUT2D eigenvalue weighted by Crippen LogP contribution is -2.49. The van der Waals surface area contributed by atoms with Gasteiger partial charge < -0.3 is 25.7 Å². The second kappa shape index (κ2) is 10.00. The predicted molar refractivity (Wildman–Crippen MR) is 119 cm³/mol. The molecule has 2 atom stereocenters. The Hall–Kier alpha value is -4.52. The number of aliphatic imine (C=N–C) groups is 1. The average molecular weight is 501 g/mol. The van der Waals surface area contributed by atoms with Gasteiger partial charge in [-0.1, -0.05) is 0 Å². The van der Waals surface area contributed by atoms with Crippen LogP contribution < -0.4 is 21.9 Å². The van der Waals surface area contributed by atoms with Crippen molar-refractivity contribution in [2.45, 2.75) is 18.7 Å². The van der Waals surface area contributed by atoms with E-state index in [2.05, 4.69) is 15.6 Å². The zero-order valence-electron chi connectivity index (χ0n) is 18.3. The van der Waals surface area contributed by atoms with Crippen molar-refractivity contribution in [1.82, 2.24) is 15.2 Å². The number of hydrogen-bond donors (Lipinski definition) is 3. The maximum atomic E-state index is 13.5. The van der Waals surface area contributed by atoms with E-state index in [1.54, 1.807) is 18.2 Å². The van der Waals surface area contributed by atoms with E-state index in [9.17, 15) is 32.3 Å². The van der Waals surface area contributed by atoms with Crippen LogP contribution in [0.4, 0.5) is 18.0 Å². The molecule has 0 radical (unpaired) electrons. The number of nitrogens with two attached hydrogens (primary N) is 1. The number of pyridine rings is 1. The maximum Gasteiger partial charge on any atom is 0.346 e. The van der Waals surface area contributed by atoms with Crippen LogP contribution in [0.15, 0.2) is 64.2 Å². The molecule has 2 heterocycles. The number of aromatic nitrogens is 1. The third-order valence-corrected chi connectivity index (χ3v) is 5.28. The summed E-state index contributed by atoms with van der Waals surface area (Å²) in [6, 6.07) is 2.17. The summed E-state index contributed by atoms with van der Waals surface area (Å²) < 4.78 is 46.8. The summed E-state index contributed by atoms with van der Waals surface area (Å²) in [6.45, 7) is -0.698. The predicted octanol–water partition coefficient (Wildman–Crippen LogP) is 0.901. The van der Waals surface area contributed by atoms with Gasteiger partial charge >= 0.3 is 6.03 Å². The summed E-state index contributed by atoms with van der Waals surface area (Å²) in [5.74, 6) is -6.34. The molecule has 0 bridgehead atoms. The van der Waals surface area contributed by atoms with Crippen molar-refractivity contribution in [1.29, 1.82) is 0 Å². The van der Waals surface area contributed by atoms with Crippen LogP contribution in [-0.4, -0.2) is 46.9 Å². The average Bonchev–Trinajstić information content (AvgIpc) is 3.20. The number of primary amides is 1. The van der Waals surface area contributed by atoms with Crippen molar-refractivity contribution in [3.05, 3.63) is 93.3 Å². The number of nitrogens with one attached hydrogen (secondary N) is 2. The number of halogens is 3. The minimum atomic E-state index is -1.64. The van der Waals surface area contributed by atoms with Crippen LogP contribution >= 0.6 is 0 Å². The summed E-state index contributed by atoms with van der Waals surface area (Å²) in [6.07, 6.45) is 5.32. The molecular formula is C23H18F3N5O5. The first-order valence-electron chi connectivity index (χ1n) is 10.5. The number of rotatable bonds is 8. The summed E-state index contributed by atoms with van der Waals surface area (Å²) in [5.41, 5.74) is 5.00. The Balaban J connectivity index is 1.44. The first kappa shape index (κ1) is 24.6. The molecular weight excluding hydrogens is 483 g/mol. The fourth-order valence-corrected chi connectivity index (χ4v) is 3.51. The largest absolute Gasteiger partial charge is 0.368 e. The molecule has 10 nitrogen and oxygen atoms in total. The molecule has 2 aromatic rings. The zero-order valence-corrected chi connectivity index (χ0v) is 18.3. The fourth-order valence-electron chi connectivity index (χ4n) is 3.51. The normalized spacial score (nSPS) is 17.1. The van der Waals surface area contributed by atoms with Crippen molar-refractivity contribution in [2.24, 2.45) is 10.7 Å². The Labute approximate surface area is 200 Å². The highest BCUT2D eigenvalue weighted by Crippen LogP contribution is 2.16. The molecule has 1 aliphatic carbocycles. The standard InChI is InChI=1S/C23H18F3N5O5/c24-14-6-11(7-15(25)19(14)26)9-31-5-1-2-13(22(31)34)21(33)28-18(20(27)32)10-36-12-3-4-16-17(8-12)30-23(35)29-16/h1-8,12,18H,9-10H2,(H2,27,32)(H,28,33)(H,30,35)/t12?,18-/m0/s1. The molecule has 0 fully saturated rings. The van der Waals surface area contributed by atoms with Crippen molar-refractivity contribution in [3.8, 4) is 0 Å². The Kier molecular flexibility index (Phi) is 6.83. The number of ether oxygens (including phenoxy) is 1. The highest BCUT2D eigenvalue weighted by molar-refractivity contribution is 6.19. The zero-order chi connectivity index (χ0) is 26.0. The smallest absolute Gasteiger partial charge is 0.346 e. The molecule has 2 aliphatic rings. The Bertz CT molecular complexity index is 1390. The number of carbonyl (C=O) groups excluding carboxylic acids is 3. The first-order chi connectivity index (χ1) is 17.1. The lowest BCUT2D eigenvalue weighted by atomic mass is 10.1. The van der Waals surface area contributed by atoms with E-state index in [4.69, 9.17) is 10.5 Å². The molecule has 4 amide bonds. The van der Waals surface area contributed by atoms with Gasteiger partial charge in [0.15, 0.2) is 17.5 Å². The van der Waals surface area contributed by atoms with E-state index in [-0.39, 0.29) is 24.3 Å². The van der Waals surface area contributed by atoms with Crippen molar-refractivity contribution < 1.29 is 32.3 Å². The SMILES string of the molecule is NC(=O)[C@H](COC1C=CC2=NC(=O)NC2=C1)NC(=O)c1cccn(Cc2cc(F)c(F)c(F)c2)c1=O. The minimum absolute atomic E-state index is 0.0456. The Morgan fingerprint density at radius 3 is 2.64 bits per heavy atom. The number of fused-ring (bicyclic) bond motifs is 1. The summed E-state index contributed by atoms with van der Waals surface area (Å²) in [7, 11) is 0. The van der Waals surface area contributed by atoms with Crippen molar-refractivity contribution in [3.63, 3.8) is 0 Å². The van der Waals surface area contributed by atoms with E-state index in [1.807, 2.05) is 0 Å². The fraction of sp³-hybridized carbons (Fsp3) is 0.174. The number of hydrogen-bond acceptors (Lipinski definition) is 5. The highest BCUT2D eigenvalue weighted by Gasteiger charge is 2.25. The number of benzene rings is 1. The van der Waals surface area contributed by atoms with Crippen LogP contribution in [0.2, 0.25) is 0 Å². The highest BCUT2D eigenvalue weighted by atomic mass is 19.2. The van der Waals surface area contributed by atoms with Gasteiger partial charge in [-0.05, 0) is 48.1 Å². The van der Waals surface area contributed by atoms with E-state index in [0.717, 1.165) is 16.7 Å². The molecule has 4 N–H and O–H groups in total.